The van der Waals surface area contributed by atoms with Crippen molar-refractivity contribution in [3.63, 3.8) is 0 Å². The number of pyridine rings is 1. The van der Waals surface area contributed by atoms with Crippen LogP contribution in [0.25, 0.3) is 0 Å². The third kappa shape index (κ3) is 5.11. The molecule has 1 N–H and O–H groups in total. The van der Waals surface area contributed by atoms with Gasteiger partial charge in [-0.05, 0) is 31.5 Å². The maximum Gasteiger partial charge on any atom is 0.244 e. The third-order valence-corrected chi connectivity index (χ3v) is 3.50. The summed E-state index contributed by atoms with van der Waals surface area (Å²) < 4.78 is 0. The smallest absolute Gasteiger partial charge is 0.244 e. The van der Waals surface area contributed by atoms with Gasteiger partial charge >= 0.3 is 0 Å². The van der Waals surface area contributed by atoms with Crippen molar-refractivity contribution in [3.05, 3.63) is 77.1 Å². The molecule has 0 saturated heterocycles. The zero-order valence-corrected chi connectivity index (χ0v) is 14.2. The molecule has 0 aliphatic heterocycles. The van der Waals surface area contributed by atoms with Crippen LogP contribution in [-0.4, -0.2) is 16.7 Å². The molecule has 1 aromatic carbocycles. The molecule has 0 spiro atoms. The highest BCUT2D eigenvalue weighted by atomic mass is 16.1. The second kappa shape index (κ2) is 8.55. The zero-order valence-electron chi connectivity index (χ0n) is 14.2. The van der Waals surface area contributed by atoms with E-state index in [1.165, 1.54) is 6.08 Å². The fourth-order valence-electron chi connectivity index (χ4n) is 2.26. The van der Waals surface area contributed by atoms with Crippen LogP contribution in [-0.2, 0) is 11.3 Å². The van der Waals surface area contributed by atoms with Gasteiger partial charge in [-0.1, -0.05) is 35.9 Å². The van der Waals surface area contributed by atoms with Crippen LogP contribution in [0.15, 0.2) is 60.3 Å². The van der Waals surface area contributed by atoms with E-state index in [-0.39, 0.29) is 11.7 Å². The number of amides is 1. The quantitative estimate of drug-likeness (QED) is 0.650. The number of rotatable bonds is 6. The van der Waals surface area contributed by atoms with Gasteiger partial charge in [0.15, 0.2) is 11.7 Å². The third-order valence-electron chi connectivity index (χ3n) is 3.50. The van der Waals surface area contributed by atoms with Crippen LogP contribution in [0.5, 0.6) is 0 Å². The molecule has 126 valence electrons. The molecule has 0 saturated carbocycles. The van der Waals surface area contributed by atoms with E-state index >= 15 is 0 Å². The maximum atomic E-state index is 12.5. The van der Waals surface area contributed by atoms with Gasteiger partial charge in [-0.15, -0.1) is 0 Å². The van der Waals surface area contributed by atoms with Gasteiger partial charge in [0.2, 0.25) is 5.91 Å². The van der Waals surface area contributed by atoms with Crippen molar-refractivity contribution in [2.75, 3.05) is 0 Å². The number of carbonyl (C=O) groups is 2. The van der Waals surface area contributed by atoms with Crippen LogP contribution in [0, 0.1) is 11.3 Å². The van der Waals surface area contributed by atoms with Crippen LogP contribution >= 0.6 is 0 Å². The van der Waals surface area contributed by atoms with Crippen LogP contribution in [0.2, 0.25) is 0 Å². The Kier molecular flexibility index (Phi) is 6.19. The number of hydrogen-bond acceptors (Lipinski definition) is 4. The zero-order chi connectivity index (χ0) is 18.2. The van der Waals surface area contributed by atoms with Gasteiger partial charge in [0.05, 0.1) is 11.8 Å². The number of carbonyl (C=O) groups excluding carboxylic acids is 2. The molecule has 2 aromatic rings. The Morgan fingerprint density at radius 1 is 1.20 bits per heavy atom. The van der Waals surface area contributed by atoms with Crippen molar-refractivity contribution < 1.29 is 9.59 Å². The van der Waals surface area contributed by atoms with Crippen molar-refractivity contribution in [2.45, 2.75) is 26.3 Å². The van der Waals surface area contributed by atoms with Crippen LogP contribution in [0.1, 0.15) is 41.4 Å². The molecule has 2 rings (SSSR count). The van der Waals surface area contributed by atoms with E-state index in [0.717, 1.165) is 11.1 Å². The lowest BCUT2D eigenvalue weighted by molar-refractivity contribution is -0.116. The van der Waals surface area contributed by atoms with Crippen molar-refractivity contribution in [1.29, 1.82) is 5.26 Å². The fourth-order valence-corrected chi connectivity index (χ4v) is 2.26. The van der Waals surface area contributed by atoms with E-state index in [4.69, 9.17) is 0 Å². The van der Waals surface area contributed by atoms with Crippen molar-refractivity contribution in [1.82, 2.24) is 10.3 Å². The molecule has 0 aliphatic carbocycles. The van der Waals surface area contributed by atoms with Gasteiger partial charge in [0.25, 0.3) is 0 Å². The first-order valence-corrected chi connectivity index (χ1v) is 7.87. The number of allylic oxidation sites excluding steroid dienone is 1. The number of nitrogens with one attached hydrogen (secondary N) is 1. The molecule has 0 unspecified atom stereocenters. The topological polar surface area (TPSA) is 82.9 Å². The number of Topliss-reactive ketones (excluding diaryl/α,β-unsaturated/α-hetero) is 1. The summed E-state index contributed by atoms with van der Waals surface area (Å²) in [5.41, 5.74) is 2.68. The molecule has 5 heteroatoms. The number of nitriles is 1. The Balaban J connectivity index is 2.06. The summed E-state index contributed by atoms with van der Waals surface area (Å²) in [7, 11) is 0. The van der Waals surface area contributed by atoms with Gasteiger partial charge < -0.3 is 5.32 Å². The minimum absolute atomic E-state index is 0.153. The van der Waals surface area contributed by atoms with Crippen molar-refractivity contribution >= 4 is 11.7 Å². The van der Waals surface area contributed by atoms with Crippen LogP contribution in [0.4, 0.5) is 0 Å². The van der Waals surface area contributed by atoms with Gasteiger partial charge in [-0.25, -0.2) is 0 Å². The molecule has 0 radical (unpaired) electrons. The molecule has 1 atom stereocenters. The molecule has 1 heterocycles. The first kappa shape index (κ1) is 18.1. The van der Waals surface area contributed by atoms with Gasteiger partial charge in [0.1, 0.15) is 0 Å². The Bertz CT molecular complexity index is 814. The number of ketones is 1. The van der Waals surface area contributed by atoms with E-state index in [0.29, 0.717) is 17.8 Å². The van der Waals surface area contributed by atoms with E-state index in [1.807, 2.05) is 19.9 Å². The normalized spacial score (nSPS) is 11.1. The van der Waals surface area contributed by atoms with Gasteiger partial charge in [-0.2, -0.15) is 5.26 Å². The van der Waals surface area contributed by atoms with Gasteiger partial charge in [-0.3, -0.25) is 14.6 Å². The molecule has 0 bridgehead atoms. The van der Waals surface area contributed by atoms with Crippen LogP contribution < -0.4 is 5.32 Å². The Labute approximate surface area is 147 Å². The minimum Gasteiger partial charge on any atom is -0.348 e. The standard InChI is InChI=1S/C20H19N3O2/c1-14(2)11-19(24)23-13-15-6-8-16(9-7-15)20(25)17(12-21)18-5-3-4-10-22-18/h3-11,17H,13H2,1-2H3,(H,23,24)/t17-/m0/s1. The summed E-state index contributed by atoms with van der Waals surface area (Å²) in [5.74, 6) is -1.37. The van der Waals surface area contributed by atoms with Crippen molar-refractivity contribution in [2.24, 2.45) is 0 Å². The second-order valence-electron chi connectivity index (χ2n) is 5.82. The number of benzene rings is 1. The molecule has 25 heavy (non-hydrogen) atoms. The number of aromatic nitrogens is 1. The van der Waals surface area contributed by atoms with E-state index in [1.54, 1.807) is 48.7 Å². The summed E-state index contributed by atoms with van der Waals surface area (Å²) in [6, 6.07) is 14.0. The molecular formula is C20H19N3O2. The highest BCUT2D eigenvalue weighted by molar-refractivity contribution is 6.02. The lowest BCUT2D eigenvalue weighted by Crippen LogP contribution is -2.20. The van der Waals surface area contributed by atoms with Crippen molar-refractivity contribution in [3.8, 4) is 6.07 Å². The first-order valence-electron chi connectivity index (χ1n) is 7.87. The largest absolute Gasteiger partial charge is 0.348 e. The number of nitrogens with zero attached hydrogens (tertiary/aromatic N) is 2. The maximum absolute atomic E-state index is 12.5. The minimum atomic E-state index is -0.926. The monoisotopic (exact) mass is 333 g/mol. The molecule has 0 fully saturated rings. The fraction of sp³-hybridized carbons (Fsp3) is 0.200. The summed E-state index contributed by atoms with van der Waals surface area (Å²) in [6.07, 6.45) is 3.09. The van der Waals surface area contributed by atoms with Gasteiger partial charge in [0, 0.05) is 24.4 Å². The van der Waals surface area contributed by atoms with E-state index in [9.17, 15) is 14.9 Å². The summed E-state index contributed by atoms with van der Waals surface area (Å²) >= 11 is 0. The molecule has 5 nitrogen and oxygen atoms in total. The molecule has 1 aromatic heterocycles. The SMILES string of the molecule is CC(C)=CC(=O)NCc1ccc(C(=O)[C@@H](C#N)c2ccccn2)cc1. The predicted molar refractivity (Wildman–Crippen MR) is 94.6 cm³/mol. The lowest BCUT2D eigenvalue weighted by atomic mass is 9.95. The Morgan fingerprint density at radius 3 is 2.48 bits per heavy atom. The summed E-state index contributed by atoms with van der Waals surface area (Å²) in [5, 5.41) is 12.1. The molecular weight excluding hydrogens is 314 g/mol. The molecule has 0 aliphatic rings. The summed E-state index contributed by atoms with van der Waals surface area (Å²) in [4.78, 5) is 28.2. The van der Waals surface area contributed by atoms with Crippen LogP contribution in [0.3, 0.4) is 0 Å². The summed E-state index contributed by atoms with van der Waals surface area (Å²) in [6.45, 7) is 4.08. The lowest BCUT2D eigenvalue weighted by Gasteiger charge is -2.09. The predicted octanol–water partition coefficient (Wildman–Crippen LogP) is 3.15. The average Bonchev–Trinajstić information content (AvgIpc) is 2.61. The highest BCUT2D eigenvalue weighted by Gasteiger charge is 2.22. The first-order chi connectivity index (χ1) is 12.0. The second-order valence-corrected chi connectivity index (χ2v) is 5.82. The number of hydrogen-bond donors (Lipinski definition) is 1. The Morgan fingerprint density at radius 2 is 1.92 bits per heavy atom. The average molecular weight is 333 g/mol. The van der Waals surface area contributed by atoms with E-state index in [2.05, 4.69) is 10.3 Å². The Hall–Kier alpha value is -3.26. The highest BCUT2D eigenvalue weighted by Crippen LogP contribution is 2.19. The molecule has 1 amide bonds. The van der Waals surface area contributed by atoms with E-state index < -0.39 is 5.92 Å².